The minimum Gasteiger partial charge on any atom is -0.329 e. The summed E-state index contributed by atoms with van der Waals surface area (Å²) in [5.41, 5.74) is 3.46. The van der Waals surface area contributed by atoms with E-state index in [-0.39, 0.29) is 0 Å². The van der Waals surface area contributed by atoms with Gasteiger partial charge in [-0.25, -0.2) is 15.0 Å². The first-order valence-electron chi connectivity index (χ1n) is 5.13. The van der Waals surface area contributed by atoms with Gasteiger partial charge >= 0.3 is 0 Å². The molecule has 3 heterocycles. The van der Waals surface area contributed by atoms with Crippen molar-refractivity contribution in [3.8, 4) is 0 Å². The van der Waals surface area contributed by atoms with Crippen LogP contribution in [-0.2, 0) is 19.4 Å². The van der Waals surface area contributed by atoms with Crippen LogP contribution in [0.3, 0.4) is 0 Å². The van der Waals surface area contributed by atoms with Gasteiger partial charge in [0.2, 0.25) is 0 Å². The van der Waals surface area contributed by atoms with Crippen molar-refractivity contribution in [3.05, 3.63) is 41.5 Å². The molecule has 4 nitrogen and oxygen atoms in total. The predicted molar refractivity (Wildman–Crippen MR) is 55.5 cm³/mol. The summed E-state index contributed by atoms with van der Waals surface area (Å²) in [5.74, 6) is 1.16. The summed E-state index contributed by atoms with van der Waals surface area (Å²) in [6, 6.07) is 0. The van der Waals surface area contributed by atoms with Crippen LogP contribution in [0, 0.1) is 6.92 Å². The van der Waals surface area contributed by atoms with Crippen LogP contribution < -0.4 is 0 Å². The second kappa shape index (κ2) is 3.15. The fourth-order valence-electron chi connectivity index (χ4n) is 2.08. The molecule has 1 aliphatic heterocycles. The van der Waals surface area contributed by atoms with Gasteiger partial charge in [0, 0.05) is 18.8 Å². The summed E-state index contributed by atoms with van der Waals surface area (Å²) in [4.78, 5) is 12.9. The first-order chi connectivity index (χ1) is 7.33. The standard InChI is InChI=1S/C11H12N4/c1-8-5-15-6-10-9(4-12-7-13-10)2-3-11(15)14-8/h4-5,7H,2-3,6H2,1H3. The third-order valence-electron chi connectivity index (χ3n) is 2.80. The largest absolute Gasteiger partial charge is 0.329 e. The lowest BCUT2D eigenvalue weighted by Gasteiger charge is -2.03. The SMILES string of the molecule is Cc1cn2c(n1)CCc1cncnc1C2. The predicted octanol–water partition coefficient (Wildman–Crippen LogP) is 1.13. The van der Waals surface area contributed by atoms with Gasteiger partial charge in [-0.3, -0.25) is 0 Å². The molecule has 0 unspecified atom stereocenters. The maximum absolute atomic E-state index is 4.51. The Morgan fingerprint density at radius 1 is 1.33 bits per heavy atom. The first-order valence-corrected chi connectivity index (χ1v) is 5.13. The molecule has 0 fully saturated rings. The Hall–Kier alpha value is -1.71. The summed E-state index contributed by atoms with van der Waals surface area (Å²) >= 11 is 0. The van der Waals surface area contributed by atoms with E-state index in [4.69, 9.17) is 0 Å². The molecular formula is C11H12N4. The van der Waals surface area contributed by atoms with Gasteiger partial charge in [0.1, 0.15) is 12.2 Å². The third kappa shape index (κ3) is 1.42. The number of nitrogens with zero attached hydrogens (tertiary/aromatic N) is 4. The number of rotatable bonds is 0. The van der Waals surface area contributed by atoms with Gasteiger partial charge in [-0.15, -0.1) is 0 Å². The first kappa shape index (κ1) is 8.59. The van der Waals surface area contributed by atoms with E-state index in [1.165, 1.54) is 5.56 Å². The Morgan fingerprint density at radius 2 is 2.27 bits per heavy atom. The number of aryl methyl sites for hydroxylation is 3. The highest BCUT2D eigenvalue weighted by molar-refractivity contribution is 5.21. The summed E-state index contributed by atoms with van der Waals surface area (Å²) in [6.07, 6.45) is 7.60. The summed E-state index contributed by atoms with van der Waals surface area (Å²) in [5, 5.41) is 0. The second-order valence-corrected chi connectivity index (χ2v) is 3.92. The fraction of sp³-hybridized carbons (Fsp3) is 0.364. The molecule has 4 heteroatoms. The van der Waals surface area contributed by atoms with Crippen molar-refractivity contribution in [2.75, 3.05) is 0 Å². The fourth-order valence-corrected chi connectivity index (χ4v) is 2.08. The monoisotopic (exact) mass is 200 g/mol. The van der Waals surface area contributed by atoms with Gasteiger partial charge in [0.05, 0.1) is 17.9 Å². The molecule has 0 saturated carbocycles. The van der Waals surface area contributed by atoms with Crippen molar-refractivity contribution in [2.45, 2.75) is 26.3 Å². The van der Waals surface area contributed by atoms with Gasteiger partial charge in [0.25, 0.3) is 0 Å². The van der Waals surface area contributed by atoms with Crippen LogP contribution >= 0.6 is 0 Å². The van der Waals surface area contributed by atoms with E-state index in [1.807, 2.05) is 13.1 Å². The van der Waals surface area contributed by atoms with E-state index in [9.17, 15) is 0 Å². The maximum atomic E-state index is 4.51. The number of aromatic nitrogens is 4. The molecule has 0 radical (unpaired) electrons. The highest BCUT2D eigenvalue weighted by Crippen LogP contribution is 2.16. The molecule has 2 aromatic rings. The summed E-state index contributed by atoms with van der Waals surface area (Å²) in [6.45, 7) is 2.86. The summed E-state index contributed by atoms with van der Waals surface area (Å²) < 4.78 is 2.19. The maximum Gasteiger partial charge on any atom is 0.115 e. The van der Waals surface area contributed by atoms with Crippen LogP contribution in [0.2, 0.25) is 0 Å². The van der Waals surface area contributed by atoms with E-state index in [0.717, 1.165) is 36.6 Å². The number of fused-ring (bicyclic) bond motifs is 2. The van der Waals surface area contributed by atoms with Crippen molar-refractivity contribution >= 4 is 0 Å². The Kier molecular flexibility index (Phi) is 1.80. The Balaban J connectivity index is 2.08. The molecule has 0 N–H and O–H groups in total. The highest BCUT2D eigenvalue weighted by Gasteiger charge is 2.14. The molecule has 0 aliphatic carbocycles. The van der Waals surface area contributed by atoms with Crippen molar-refractivity contribution < 1.29 is 0 Å². The van der Waals surface area contributed by atoms with E-state index >= 15 is 0 Å². The van der Waals surface area contributed by atoms with Gasteiger partial charge in [-0.1, -0.05) is 0 Å². The molecule has 1 aliphatic rings. The summed E-state index contributed by atoms with van der Waals surface area (Å²) in [7, 11) is 0. The minimum atomic E-state index is 0.827. The molecule has 0 aromatic carbocycles. The smallest absolute Gasteiger partial charge is 0.115 e. The van der Waals surface area contributed by atoms with E-state index in [1.54, 1.807) is 6.33 Å². The molecular weight excluding hydrogens is 188 g/mol. The lowest BCUT2D eigenvalue weighted by Crippen LogP contribution is -2.02. The average molecular weight is 200 g/mol. The van der Waals surface area contributed by atoms with Gasteiger partial charge < -0.3 is 4.57 Å². The Bertz CT molecular complexity index is 501. The zero-order chi connectivity index (χ0) is 10.3. The highest BCUT2D eigenvalue weighted by atomic mass is 15.1. The van der Waals surface area contributed by atoms with Crippen LogP contribution in [0.5, 0.6) is 0 Å². The lowest BCUT2D eigenvalue weighted by atomic mass is 10.1. The second-order valence-electron chi connectivity index (χ2n) is 3.92. The van der Waals surface area contributed by atoms with Crippen LogP contribution in [-0.4, -0.2) is 19.5 Å². The van der Waals surface area contributed by atoms with E-state index in [2.05, 4.69) is 25.7 Å². The quantitative estimate of drug-likeness (QED) is 0.640. The molecule has 0 bridgehead atoms. The van der Waals surface area contributed by atoms with Crippen LogP contribution in [0.4, 0.5) is 0 Å². The van der Waals surface area contributed by atoms with Crippen LogP contribution in [0.1, 0.15) is 22.8 Å². The number of hydrogen-bond acceptors (Lipinski definition) is 3. The molecule has 0 saturated heterocycles. The average Bonchev–Trinajstić information content (AvgIpc) is 2.49. The molecule has 3 rings (SSSR count). The topological polar surface area (TPSA) is 43.6 Å². The Labute approximate surface area is 88.0 Å². The zero-order valence-electron chi connectivity index (χ0n) is 8.64. The van der Waals surface area contributed by atoms with Crippen molar-refractivity contribution in [2.24, 2.45) is 0 Å². The number of hydrogen-bond donors (Lipinski definition) is 0. The van der Waals surface area contributed by atoms with E-state index in [0.29, 0.717) is 0 Å². The van der Waals surface area contributed by atoms with Gasteiger partial charge in [0.15, 0.2) is 0 Å². The van der Waals surface area contributed by atoms with E-state index < -0.39 is 0 Å². The molecule has 0 amide bonds. The molecule has 0 spiro atoms. The molecule has 15 heavy (non-hydrogen) atoms. The van der Waals surface area contributed by atoms with Crippen molar-refractivity contribution in [1.29, 1.82) is 0 Å². The Morgan fingerprint density at radius 3 is 3.20 bits per heavy atom. The van der Waals surface area contributed by atoms with Crippen molar-refractivity contribution in [1.82, 2.24) is 19.5 Å². The third-order valence-corrected chi connectivity index (χ3v) is 2.80. The van der Waals surface area contributed by atoms with Gasteiger partial charge in [-0.2, -0.15) is 0 Å². The molecule has 2 aromatic heterocycles. The molecule has 76 valence electrons. The van der Waals surface area contributed by atoms with Crippen LogP contribution in [0.15, 0.2) is 18.7 Å². The van der Waals surface area contributed by atoms with Crippen LogP contribution in [0.25, 0.3) is 0 Å². The number of imidazole rings is 1. The van der Waals surface area contributed by atoms with Gasteiger partial charge in [-0.05, 0) is 18.9 Å². The normalized spacial score (nSPS) is 14.2. The lowest BCUT2D eigenvalue weighted by molar-refractivity contribution is 0.731. The zero-order valence-corrected chi connectivity index (χ0v) is 8.64. The minimum absolute atomic E-state index is 0.827. The molecule has 0 atom stereocenters. The van der Waals surface area contributed by atoms with Crippen molar-refractivity contribution in [3.63, 3.8) is 0 Å².